The van der Waals surface area contributed by atoms with Crippen molar-refractivity contribution in [1.82, 2.24) is 15.0 Å². The van der Waals surface area contributed by atoms with Crippen molar-refractivity contribution in [1.29, 1.82) is 0 Å². The van der Waals surface area contributed by atoms with E-state index in [2.05, 4.69) is 25.6 Å². The highest BCUT2D eigenvalue weighted by Gasteiger charge is 2.23. The van der Waals surface area contributed by atoms with Crippen LogP contribution < -0.4 is 16.4 Å². The van der Waals surface area contributed by atoms with E-state index in [1.165, 1.54) is 11.3 Å². The first kappa shape index (κ1) is 18.9. The number of anilines is 2. The second kappa shape index (κ2) is 7.97. The van der Waals surface area contributed by atoms with Crippen molar-refractivity contribution >= 4 is 50.0 Å². The number of pyridine rings is 1. The molecule has 1 aromatic carbocycles. The summed E-state index contributed by atoms with van der Waals surface area (Å²) in [5.74, 6) is 0.308. The molecular weight excluding hydrogens is 396 g/mol. The zero-order chi connectivity index (χ0) is 20.5. The fourth-order valence-electron chi connectivity index (χ4n) is 3.96. The monoisotopic (exact) mass is 418 g/mol. The van der Waals surface area contributed by atoms with Crippen LogP contribution in [0.1, 0.15) is 36.0 Å². The third kappa shape index (κ3) is 3.59. The number of hydrogen-bond donors (Lipinski definition) is 3. The quantitative estimate of drug-likeness (QED) is 0.459. The molecule has 0 radical (unpaired) electrons. The van der Waals surface area contributed by atoms with Gasteiger partial charge in [-0.2, -0.15) is 0 Å². The summed E-state index contributed by atoms with van der Waals surface area (Å²) in [5, 5.41) is 9.16. The maximum atomic E-state index is 13.1. The van der Waals surface area contributed by atoms with Crippen molar-refractivity contribution < 1.29 is 4.79 Å². The summed E-state index contributed by atoms with van der Waals surface area (Å²) in [6.45, 7) is 0. The minimum Gasteiger partial charge on any atom is -0.350 e. The molecule has 1 saturated carbocycles. The van der Waals surface area contributed by atoms with Gasteiger partial charge in [-0.1, -0.05) is 31.0 Å². The average molecular weight is 419 g/mol. The van der Waals surface area contributed by atoms with Gasteiger partial charge >= 0.3 is 0 Å². The van der Waals surface area contributed by atoms with Crippen LogP contribution in [0, 0.1) is 0 Å². The first-order chi connectivity index (χ1) is 14.7. The number of nitrogens with one attached hydrogen (secondary N) is 2. The Morgan fingerprint density at radius 1 is 1.10 bits per heavy atom. The molecule has 0 aliphatic heterocycles. The van der Waals surface area contributed by atoms with E-state index in [0.717, 1.165) is 41.3 Å². The van der Waals surface area contributed by atoms with Crippen LogP contribution >= 0.6 is 11.3 Å². The van der Waals surface area contributed by atoms with Crippen LogP contribution in [0.4, 0.5) is 11.6 Å². The predicted octanol–water partition coefficient (Wildman–Crippen LogP) is 4.17. The number of rotatable bonds is 4. The van der Waals surface area contributed by atoms with Crippen molar-refractivity contribution in [2.75, 3.05) is 10.6 Å². The van der Waals surface area contributed by atoms with E-state index in [1.807, 2.05) is 35.7 Å². The summed E-state index contributed by atoms with van der Waals surface area (Å²) >= 11 is 1.46. The van der Waals surface area contributed by atoms with E-state index in [-0.39, 0.29) is 18.0 Å². The fourth-order valence-corrected chi connectivity index (χ4v) is 4.80. The first-order valence-electron chi connectivity index (χ1n) is 10.1. The first-order valence-corrected chi connectivity index (χ1v) is 11.0. The van der Waals surface area contributed by atoms with Gasteiger partial charge < -0.3 is 16.4 Å². The minimum atomic E-state index is -0.210. The molecule has 7 nitrogen and oxygen atoms in total. The third-order valence-corrected chi connectivity index (χ3v) is 6.48. The Labute approximate surface area is 177 Å². The molecule has 4 aromatic rings. The second-order valence-corrected chi connectivity index (χ2v) is 8.50. The molecule has 1 amide bonds. The van der Waals surface area contributed by atoms with Crippen molar-refractivity contribution in [3.63, 3.8) is 0 Å². The lowest BCUT2D eigenvalue weighted by atomic mass is 9.91. The standard InChI is InChI=1S/C22H22N6OS/c23-15-7-1-2-8-16(15)27-22-25-11-18-20(28-22)14(12-30-18)21(29)26-17-9-3-5-13-6-4-10-24-19(13)17/h3-6,9-12,15-16H,1-2,7-8,23H2,(H,26,29)(H,25,27,28)/t15-,16+/m0/s1. The maximum Gasteiger partial charge on any atom is 0.258 e. The summed E-state index contributed by atoms with van der Waals surface area (Å²) in [6, 6.07) is 9.84. The van der Waals surface area contributed by atoms with Gasteiger partial charge in [-0.25, -0.2) is 9.97 Å². The minimum absolute atomic E-state index is 0.0992. The summed E-state index contributed by atoms with van der Waals surface area (Å²) in [5.41, 5.74) is 8.86. The number of carbonyl (C=O) groups is 1. The van der Waals surface area contributed by atoms with E-state index in [0.29, 0.717) is 22.7 Å². The Bertz CT molecular complexity index is 1220. The molecule has 8 heteroatoms. The Morgan fingerprint density at radius 2 is 1.97 bits per heavy atom. The molecule has 4 N–H and O–H groups in total. The predicted molar refractivity (Wildman–Crippen MR) is 121 cm³/mol. The molecule has 2 atom stereocenters. The normalized spacial score (nSPS) is 19.1. The number of fused-ring (bicyclic) bond motifs is 2. The summed E-state index contributed by atoms with van der Waals surface area (Å²) < 4.78 is 0.870. The number of nitrogens with zero attached hydrogens (tertiary/aromatic N) is 3. The van der Waals surface area contributed by atoms with Gasteiger partial charge in [0.25, 0.3) is 5.91 Å². The zero-order valence-electron chi connectivity index (χ0n) is 16.3. The highest BCUT2D eigenvalue weighted by Crippen LogP contribution is 2.28. The van der Waals surface area contributed by atoms with Gasteiger partial charge in [0.2, 0.25) is 5.95 Å². The highest BCUT2D eigenvalue weighted by molar-refractivity contribution is 7.17. The molecule has 30 heavy (non-hydrogen) atoms. The lowest BCUT2D eigenvalue weighted by Crippen LogP contribution is -2.42. The molecule has 5 rings (SSSR count). The van der Waals surface area contributed by atoms with Crippen LogP contribution in [-0.2, 0) is 0 Å². The molecule has 152 valence electrons. The number of aromatic nitrogens is 3. The molecule has 0 spiro atoms. The van der Waals surface area contributed by atoms with Crippen LogP contribution in [0.25, 0.3) is 21.1 Å². The van der Waals surface area contributed by atoms with Crippen molar-refractivity contribution in [3.8, 4) is 0 Å². The van der Waals surface area contributed by atoms with E-state index in [4.69, 9.17) is 5.73 Å². The summed E-state index contributed by atoms with van der Waals surface area (Å²) in [4.78, 5) is 26.5. The molecule has 1 aliphatic carbocycles. The topological polar surface area (TPSA) is 106 Å². The maximum absolute atomic E-state index is 13.1. The molecule has 1 aliphatic rings. The lowest BCUT2D eigenvalue weighted by Gasteiger charge is -2.29. The molecule has 3 heterocycles. The second-order valence-electron chi connectivity index (χ2n) is 7.59. The van der Waals surface area contributed by atoms with Crippen molar-refractivity contribution in [3.05, 3.63) is 53.7 Å². The number of nitrogens with two attached hydrogens (primary N) is 1. The Morgan fingerprint density at radius 3 is 2.87 bits per heavy atom. The summed E-state index contributed by atoms with van der Waals surface area (Å²) in [7, 11) is 0. The van der Waals surface area contributed by atoms with Gasteiger partial charge in [-0.15, -0.1) is 11.3 Å². The van der Waals surface area contributed by atoms with Crippen molar-refractivity contribution in [2.24, 2.45) is 5.73 Å². The third-order valence-electron chi connectivity index (χ3n) is 5.57. The van der Waals surface area contributed by atoms with Gasteiger partial charge in [-0.05, 0) is 25.0 Å². The molecular formula is C22H22N6OS. The molecule has 0 unspecified atom stereocenters. The van der Waals surface area contributed by atoms with Crippen LogP contribution in [0.15, 0.2) is 48.1 Å². The fraction of sp³-hybridized carbons (Fsp3) is 0.273. The van der Waals surface area contributed by atoms with Crippen molar-refractivity contribution in [2.45, 2.75) is 37.8 Å². The number of hydrogen-bond acceptors (Lipinski definition) is 7. The summed E-state index contributed by atoms with van der Waals surface area (Å²) in [6.07, 6.45) is 7.81. The highest BCUT2D eigenvalue weighted by atomic mass is 32.1. The van der Waals surface area contributed by atoms with Gasteiger partial charge in [0, 0.05) is 29.0 Å². The Kier molecular flexibility index (Phi) is 5.02. The van der Waals surface area contributed by atoms with Gasteiger partial charge in [0.05, 0.1) is 33.2 Å². The van der Waals surface area contributed by atoms with Gasteiger partial charge in [0.15, 0.2) is 0 Å². The molecule has 3 aromatic heterocycles. The zero-order valence-corrected chi connectivity index (χ0v) is 17.2. The Balaban J connectivity index is 1.43. The largest absolute Gasteiger partial charge is 0.350 e. The number of para-hydroxylation sites is 1. The number of thiophene rings is 1. The molecule has 1 fully saturated rings. The van der Waals surface area contributed by atoms with E-state index < -0.39 is 0 Å². The van der Waals surface area contributed by atoms with Gasteiger partial charge in [0.1, 0.15) is 0 Å². The van der Waals surface area contributed by atoms with Crippen LogP contribution in [0.5, 0.6) is 0 Å². The van der Waals surface area contributed by atoms with Crippen LogP contribution in [0.3, 0.4) is 0 Å². The lowest BCUT2D eigenvalue weighted by molar-refractivity contribution is 0.102. The number of amides is 1. The van der Waals surface area contributed by atoms with Crippen LogP contribution in [-0.4, -0.2) is 32.9 Å². The van der Waals surface area contributed by atoms with E-state index in [9.17, 15) is 4.79 Å². The molecule has 0 bridgehead atoms. The number of benzene rings is 1. The van der Waals surface area contributed by atoms with E-state index >= 15 is 0 Å². The average Bonchev–Trinajstić information content (AvgIpc) is 3.19. The van der Waals surface area contributed by atoms with Gasteiger partial charge in [-0.3, -0.25) is 9.78 Å². The van der Waals surface area contributed by atoms with E-state index in [1.54, 1.807) is 12.4 Å². The molecule has 0 saturated heterocycles. The SMILES string of the molecule is N[C@H]1CCCC[C@H]1Nc1ncc2scc(C(=O)Nc3cccc4cccnc34)c2n1. The van der Waals surface area contributed by atoms with Crippen LogP contribution in [0.2, 0.25) is 0 Å². The number of carbonyl (C=O) groups excluding carboxylic acids is 1. The smallest absolute Gasteiger partial charge is 0.258 e. The Hall–Kier alpha value is -3.10.